The Morgan fingerprint density at radius 2 is 2.41 bits per heavy atom. The number of aromatic nitrogens is 2. The van der Waals surface area contributed by atoms with Gasteiger partial charge in [-0.3, -0.25) is 0 Å². The van der Waals surface area contributed by atoms with Crippen LogP contribution in [-0.2, 0) is 17.6 Å². The van der Waals surface area contributed by atoms with Crippen molar-refractivity contribution in [2.45, 2.75) is 25.4 Å². The zero-order valence-corrected chi connectivity index (χ0v) is 11.7. The molecule has 1 aliphatic carbocycles. The molecule has 1 atom stereocenters. The quantitative estimate of drug-likeness (QED) is 0.818. The van der Waals surface area contributed by atoms with E-state index in [2.05, 4.69) is 25.9 Å². The van der Waals surface area contributed by atoms with Gasteiger partial charge < -0.3 is 9.72 Å². The minimum Gasteiger partial charge on any atom is -0.381 e. The number of hydrogen-bond donors (Lipinski definition) is 1. The molecule has 1 N–H and O–H groups in total. The molecule has 0 saturated carbocycles. The maximum Gasteiger partial charge on any atom is 0.144 e. The Labute approximate surface area is 113 Å². The first kappa shape index (κ1) is 11.5. The van der Waals surface area contributed by atoms with Crippen molar-refractivity contribution in [3.63, 3.8) is 0 Å². The van der Waals surface area contributed by atoms with E-state index in [1.54, 1.807) is 7.11 Å². The number of methoxy groups -OCH3 is 1. The monoisotopic (exact) mass is 314 g/mol. The second-order valence-electron chi connectivity index (χ2n) is 4.34. The van der Waals surface area contributed by atoms with Gasteiger partial charge in [-0.25, -0.2) is 4.98 Å². The number of hydrogen-bond acceptors (Lipinski definition) is 2. The van der Waals surface area contributed by atoms with Crippen LogP contribution < -0.4 is 0 Å². The van der Waals surface area contributed by atoms with Crippen molar-refractivity contribution >= 4 is 38.6 Å². The summed E-state index contributed by atoms with van der Waals surface area (Å²) in [5, 5.41) is 0.513. The summed E-state index contributed by atoms with van der Waals surface area (Å²) in [6.07, 6.45) is 3.28. The number of ether oxygens (including phenoxy) is 1. The van der Waals surface area contributed by atoms with Gasteiger partial charge in [0.05, 0.1) is 21.6 Å². The Kier molecular flexibility index (Phi) is 2.89. The zero-order chi connectivity index (χ0) is 12.0. The van der Waals surface area contributed by atoms with Gasteiger partial charge in [0.2, 0.25) is 0 Å². The largest absolute Gasteiger partial charge is 0.381 e. The van der Waals surface area contributed by atoms with Crippen molar-refractivity contribution in [2.75, 3.05) is 7.11 Å². The third kappa shape index (κ3) is 1.88. The van der Waals surface area contributed by atoms with Crippen molar-refractivity contribution in [1.82, 2.24) is 9.97 Å². The minimum absolute atomic E-state index is 0.297. The summed E-state index contributed by atoms with van der Waals surface area (Å²) in [6, 6.07) is 1.99. The Balaban J connectivity index is 2.17. The van der Waals surface area contributed by atoms with E-state index in [4.69, 9.17) is 16.3 Å². The third-order valence-corrected chi connectivity index (χ3v) is 4.47. The highest BCUT2D eigenvalue weighted by molar-refractivity contribution is 9.10. The van der Waals surface area contributed by atoms with Crippen molar-refractivity contribution in [1.29, 1.82) is 0 Å². The molecule has 0 amide bonds. The Hall–Kier alpha value is -0.580. The lowest BCUT2D eigenvalue weighted by molar-refractivity contribution is 0.0911. The number of pyridine rings is 1. The molecular formula is C12H12BrClN2O. The lowest BCUT2D eigenvalue weighted by Crippen LogP contribution is -2.20. The SMILES string of the molecule is COC1CCc2[nH]c3cc(Br)c(Cl)nc3c2C1. The van der Waals surface area contributed by atoms with Gasteiger partial charge in [-0.05, 0) is 34.8 Å². The molecule has 2 heterocycles. The van der Waals surface area contributed by atoms with E-state index in [1.165, 1.54) is 11.3 Å². The van der Waals surface area contributed by atoms with Crippen LogP contribution in [0.5, 0.6) is 0 Å². The lowest BCUT2D eigenvalue weighted by Gasteiger charge is -2.20. The highest BCUT2D eigenvalue weighted by atomic mass is 79.9. The molecule has 1 unspecified atom stereocenters. The van der Waals surface area contributed by atoms with E-state index in [0.717, 1.165) is 34.8 Å². The first-order chi connectivity index (χ1) is 8.19. The van der Waals surface area contributed by atoms with E-state index in [1.807, 2.05) is 6.07 Å². The molecule has 1 aliphatic rings. The van der Waals surface area contributed by atoms with Crippen LogP contribution in [0.25, 0.3) is 11.0 Å². The van der Waals surface area contributed by atoms with E-state index in [9.17, 15) is 0 Å². The fourth-order valence-corrected chi connectivity index (χ4v) is 2.90. The first-order valence-electron chi connectivity index (χ1n) is 5.57. The Bertz CT molecular complexity index is 581. The number of aromatic amines is 1. The Morgan fingerprint density at radius 1 is 1.59 bits per heavy atom. The number of fused-ring (bicyclic) bond motifs is 3. The molecule has 0 aliphatic heterocycles. The van der Waals surface area contributed by atoms with Gasteiger partial charge in [0.15, 0.2) is 0 Å². The second kappa shape index (κ2) is 4.26. The molecule has 0 saturated heterocycles. The van der Waals surface area contributed by atoms with Gasteiger partial charge in [0.25, 0.3) is 0 Å². The number of halogens is 2. The maximum atomic E-state index is 6.05. The molecule has 3 rings (SSSR count). The summed E-state index contributed by atoms with van der Waals surface area (Å²) in [5.74, 6) is 0. The molecular weight excluding hydrogens is 304 g/mol. The van der Waals surface area contributed by atoms with Gasteiger partial charge in [0, 0.05) is 24.8 Å². The predicted molar refractivity (Wildman–Crippen MR) is 71.6 cm³/mol. The molecule has 0 aromatic carbocycles. The van der Waals surface area contributed by atoms with Gasteiger partial charge in [-0.15, -0.1) is 0 Å². The molecule has 0 spiro atoms. The normalized spacial score (nSPS) is 19.6. The van der Waals surface area contributed by atoms with E-state index in [0.29, 0.717) is 11.3 Å². The topological polar surface area (TPSA) is 37.9 Å². The van der Waals surface area contributed by atoms with Crippen molar-refractivity contribution in [3.8, 4) is 0 Å². The van der Waals surface area contributed by atoms with Crippen LogP contribution >= 0.6 is 27.5 Å². The van der Waals surface area contributed by atoms with Crippen LogP contribution in [0.1, 0.15) is 17.7 Å². The molecule has 90 valence electrons. The van der Waals surface area contributed by atoms with Crippen LogP contribution in [0, 0.1) is 0 Å². The molecule has 2 aromatic heterocycles. The molecule has 0 radical (unpaired) electrons. The number of nitrogens with zero attached hydrogens (tertiary/aromatic N) is 1. The molecule has 2 aromatic rings. The average molecular weight is 316 g/mol. The fraction of sp³-hybridized carbons (Fsp3) is 0.417. The summed E-state index contributed by atoms with van der Waals surface area (Å²) in [6.45, 7) is 0. The maximum absolute atomic E-state index is 6.05. The van der Waals surface area contributed by atoms with E-state index < -0.39 is 0 Å². The Morgan fingerprint density at radius 3 is 3.18 bits per heavy atom. The highest BCUT2D eigenvalue weighted by Crippen LogP contribution is 2.32. The van der Waals surface area contributed by atoms with E-state index in [-0.39, 0.29) is 0 Å². The number of aryl methyl sites for hydroxylation is 1. The first-order valence-corrected chi connectivity index (χ1v) is 6.74. The molecule has 3 nitrogen and oxygen atoms in total. The summed E-state index contributed by atoms with van der Waals surface area (Å²) in [4.78, 5) is 7.87. The van der Waals surface area contributed by atoms with Crippen LogP contribution in [0.4, 0.5) is 0 Å². The van der Waals surface area contributed by atoms with Crippen molar-refractivity contribution in [2.24, 2.45) is 0 Å². The van der Waals surface area contributed by atoms with Crippen molar-refractivity contribution < 1.29 is 4.74 Å². The standard InChI is InChI=1S/C12H12BrClN2O/c1-17-6-2-3-9-7(4-6)11-10(15-9)5-8(13)12(14)16-11/h5-6,15H,2-4H2,1H3. The predicted octanol–water partition coefficient (Wildman–Crippen LogP) is 3.48. The lowest BCUT2D eigenvalue weighted by atomic mass is 9.95. The van der Waals surface area contributed by atoms with Crippen LogP contribution in [0.2, 0.25) is 5.15 Å². The molecule has 5 heteroatoms. The molecule has 17 heavy (non-hydrogen) atoms. The smallest absolute Gasteiger partial charge is 0.144 e. The molecule has 0 fully saturated rings. The van der Waals surface area contributed by atoms with Crippen LogP contribution in [0.15, 0.2) is 10.5 Å². The summed E-state index contributed by atoms with van der Waals surface area (Å²) < 4.78 is 6.26. The third-order valence-electron chi connectivity index (χ3n) is 3.35. The minimum atomic E-state index is 0.297. The van der Waals surface area contributed by atoms with Gasteiger partial charge in [0.1, 0.15) is 5.15 Å². The molecule has 0 bridgehead atoms. The summed E-state index contributed by atoms with van der Waals surface area (Å²) >= 11 is 9.45. The number of H-pyrrole nitrogens is 1. The summed E-state index contributed by atoms with van der Waals surface area (Å²) in [7, 11) is 1.77. The number of nitrogens with one attached hydrogen (secondary N) is 1. The van der Waals surface area contributed by atoms with Crippen LogP contribution in [0.3, 0.4) is 0 Å². The highest BCUT2D eigenvalue weighted by Gasteiger charge is 2.23. The van der Waals surface area contributed by atoms with Gasteiger partial charge in [-0.2, -0.15) is 0 Å². The van der Waals surface area contributed by atoms with Gasteiger partial charge >= 0.3 is 0 Å². The number of rotatable bonds is 1. The van der Waals surface area contributed by atoms with E-state index >= 15 is 0 Å². The fourth-order valence-electron chi connectivity index (χ4n) is 2.44. The second-order valence-corrected chi connectivity index (χ2v) is 5.55. The van der Waals surface area contributed by atoms with Crippen LogP contribution in [-0.4, -0.2) is 23.2 Å². The van der Waals surface area contributed by atoms with Gasteiger partial charge in [-0.1, -0.05) is 11.6 Å². The summed E-state index contributed by atoms with van der Waals surface area (Å²) in [5.41, 5.74) is 4.56. The van der Waals surface area contributed by atoms with Crippen molar-refractivity contribution in [3.05, 3.63) is 26.9 Å². The average Bonchev–Trinajstić information content (AvgIpc) is 2.67. The zero-order valence-electron chi connectivity index (χ0n) is 9.39.